The molecule has 17 heavy (non-hydrogen) atoms. The quantitative estimate of drug-likeness (QED) is 0.443. The van der Waals surface area contributed by atoms with Crippen molar-refractivity contribution in [2.24, 2.45) is 0 Å². The van der Waals surface area contributed by atoms with Gasteiger partial charge in [-0.2, -0.15) is 8.42 Å². The van der Waals surface area contributed by atoms with Crippen LogP contribution in [-0.2, 0) is 14.6 Å². The molecule has 1 aromatic rings. The molecule has 9 heteroatoms. The average Bonchev–Trinajstić information content (AvgIpc) is 2.13. The third-order valence-electron chi connectivity index (χ3n) is 1.47. The summed E-state index contributed by atoms with van der Waals surface area (Å²) in [6.45, 7) is -0.376. The molecule has 0 aliphatic heterocycles. The molecule has 0 bridgehead atoms. The van der Waals surface area contributed by atoms with Crippen molar-refractivity contribution in [1.29, 1.82) is 0 Å². The molecule has 0 spiro atoms. The van der Waals surface area contributed by atoms with Crippen LogP contribution in [0.15, 0.2) is 18.2 Å². The van der Waals surface area contributed by atoms with E-state index in [4.69, 9.17) is 32.5 Å². The topological polar surface area (TPSA) is 72.8 Å². The molecule has 0 fully saturated rings. The van der Waals surface area contributed by atoms with Crippen LogP contribution >= 0.6 is 23.2 Å². The van der Waals surface area contributed by atoms with Crippen molar-refractivity contribution in [2.75, 3.05) is 13.2 Å². The minimum atomic E-state index is -4.43. The molecule has 0 atom stereocenters. The van der Waals surface area contributed by atoms with E-state index in [1.165, 1.54) is 12.1 Å². The van der Waals surface area contributed by atoms with Crippen molar-refractivity contribution in [2.45, 2.75) is 0 Å². The van der Waals surface area contributed by atoms with Gasteiger partial charge in [0.05, 0.1) is 5.02 Å². The van der Waals surface area contributed by atoms with Gasteiger partial charge in [-0.05, 0) is 18.2 Å². The standard InChI is InChI=1S/C8H8Cl2O5S.Na.H/c9-6-1-2-8(7(10)5-6)14-3-4-15-16(11,12)13;;/h1-2,5H,3-4H2,(H,11,12,13);;/q;+1;-1. The third-order valence-corrected chi connectivity index (χ3v) is 2.46. The summed E-state index contributed by atoms with van der Waals surface area (Å²) in [5, 5.41) is 0.769. The zero-order chi connectivity index (χ0) is 12.2. The van der Waals surface area contributed by atoms with E-state index in [9.17, 15) is 8.42 Å². The molecular formula is C8H9Cl2NaO5S. The van der Waals surface area contributed by atoms with Gasteiger partial charge >= 0.3 is 40.0 Å². The van der Waals surface area contributed by atoms with Gasteiger partial charge in [0, 0.05) is 5.02 Å². The molecule has 92 valence electrons. The fourth-order valence-corrected chi connectivity index (χ4v) is 1.62. The molecule has 0 amide bonds. The van der Waals surface area contributed by atoms with E-state index in [1.807, 2.05) is 0 Å². The van der Waals surface area contributed by atoms with Crippen LogP contribution in [-0.4, -0.2) is 26.2 Å². The average molecular weight is 311 g/mol. The normalized spacial score (nSPS) is 10.8. The fourth-order valence-electron chi connectivity index (χ4n) is 0.883. The van der Waals surface area contributed by atoms with Crippen LogP contribution in [0.5, 0.6) is 5.75 Å². The van der Waals surface area contributed by atoms with Crippen LogP contribution in [0.4, 0.5) is 0 Å². The van der Waals surface area contributed by atoms with E-state index in [-0.39, 0.29) is 44.2 Å². The second-order valence-corrected chi connectivity index (χ2v) is 4.61. The van der Waals surface area contributed by atoms with E-state index in [0.29, 0.717) is 15.8 Å². The van der Waals surface area contributed by atoms with Crippen LogP contribution < -0.4 is 34.3 Å². The summed E-state index contributed by atoms with van der Waals surface area (Å²) in [5.41, 5.74) is 0. The molecule has 1 rings (SSSR count). The van der Waals surface area contributed by atoms with Gasteiger partial charge in [-0.15, -0.1) is 0 Å². The molecule has 1 aromatic carbocycles. The zero-order valence-corrected chi connectivity index (χ0v) is 13.2. The third kappa shape index (κ3) is 7.48. The fraction of sp³-hybridized carbons (Fsp3) is 0.250. The largest absolute Gasteiger partial charge is 1.00 e. The zero-order valence-electron chi connectivity index (χ0n) is 9.89. The summed E-state index contributed by atoms with van der Waals surface area (Å²) in [5.74, 6) is 0.352. The van der Waals surface area contributed by atoms with E-state index in [2.05, 4.69) is 4.18 Å². The molecule has 5 nitrogen and oxygen atoms in total. The maximum absolute atomic E-state index is 10.2. The van der Waals surface area contributed by atoms with Gasteiger partial charge < -0.3 is 6.16 Å². The van der Waals surface area contributed by atoms with Gasteiger partial charge in [0.15, 0.2) is 0 Å². The Kier molecular flexibility index (Phi) is 8.02. The molecule has 0 saturated heterocycles. The van der Waals surface area contributed by atoms with Gasteiger partial charge in [-0.1, -0.05) is 23.2 Å². The Bertz CT molecular complexity index is 471. The first-order valence-corrected chi connectivity index (χ1v) is 6.20. The second-order valence-electron chi connectivity index (χ2n) is 2.67. The molecule has 0 heterocycles. The molecule has 0 saturated carbocycles. The van der Waals surface area contributed by atoms with Crippen LogP contribution in [0.25, 0.3) is 0 Å². The number of hydrogen-bond acceptors (Lipinski definition) is 4. The van der Waals surface area contributed by atoms with Crippen LogP contribution in [0.1, 0.15) is 1.43 Å². The minimum absolute atomic E-state index is 0. The molecule has 0 aliphatic rings. The van der Waals surface area contributed by atoms with E-state index in [0.717, 1.165) is 0 Å². The summed E-state index contributed by atoms with van der Waals surface area (Å²) in [4.78, 5) is 0. The van der Waals surface area contributed by atoms with Crippen molar-refractivity contribution in [3.8, 4) is 5.75 Å². The number of ether oxygens (including phenoxy) is 1. The minimum Gasteiger partial charge on any atom is -1.00 e. The Morgan fingerprint density at radius 3 is 2.47 bits per heavy atom. The van der Waals surface area contributed by atoms with Crippen molar-refractivity contribution in [3.63, 3.8) is 0 Å². The summed E-state index contributed by atoms with van der Waals surface area (Å²) >= 11 is 11.4. The molecule has 0 aromatic heterocycles. The number of halogens is 2. The summed E-state index contributed by atoms with van der Waals surface area (Å²) in [6, 6.07) is 4.60. The maximum Gasteiger partial charge on any atom is 1.00 e. The van der Waals surface area contributed by atoms with Crippen molar-refractivity contribution in [3.05, 3.63) is 28.2 Å². The molecule has 0 radical (unpaired) electrons. The Hall–Kier alpha value is 0.470. The number of hydrogen-bond donors (Lipinski definition) is 1. The molecular weight excluding hydrogens is 302 g/mol. The summed E-state index contributed by atoms with van der Waals surface area (Å²) < 4.78 is 37.8. The van der Waals surface area contributed by atoms with Gasteiger partial charge in [0.1, 0.15) is 19.0 Å². The first kappa shape index (κ1) is 17.5. The monoisotopic (exact) mass is 310 g/mol. The molecule has 0 unspecified atom stereocenters. The predicted octanol–water partition coefficient (Wildman–Crippen LogP) is -0.692. The Balaban J connectivity index is 0. The van der Waals surface area contributed by atoms with Crippen molar-refractivity contribution >= 4 is 33.6 Å². The van der Waals surface area contributed by atoms with Crippen molar-refractivity contribution < 1.29 is 52.9 Å². The van der Waals surface area contributed by atoms with Crippen LogP contribution in [0.2, 0.25) is 10.0 Å². The Labute approximate surface area is 133 Å². The van der Waals surface area contributed by atoms with Gasteiger partial charge in [-0.25, -0.2) is 4.18 Å². The van der Waals surface area contributed by atoms with Crippen LogP contribution in [0, 0.1) is 0 Å². The van der Waals surface area contributed by atoms with Crippen LogP contribution in [0.3, 0.4) is 0 Å². The van der Waals surface area contributed by atoms with E-state index in [1.54, 1.807) is 6.07 Å². The first-order chi connectivity index (χ1) is 7.38. The summed E-state index contributed by atoms with van der Waals surface area (Å²) in [7, 11) is -4.43. The number of benzene rings is 1. The predicted molar refractivity (Wildman–Crippen MR) is 60.6 cm³/mol. The van der Waals surface area contributed by atoms with Gasteiger partial charge in [-0.3, -0.25) is 4.55 Å². The Morgan fingerprint density at radius 1 is 1.29 bits per heavy atom. The maximum atomic E-state index is 10.2. The van der Waals surface area contributed by atoms with E-state index >= 15 is 0 Å². The van der Waals surface area contributed by atoms with Gasteiger partial charge in [0.25, 0.3) is 0 Å². The molecule has 1 N–H and O–H groups in total. The number of rotatable bonds is 5. The van der Waals surface area contributed by atoms with Crippen molar-refractivity contribution in [1.82, 2.24) is 0 Å². The second kappa shape index (κ2) is 7.81. The summed E-state index contributed by atoms with van der Waals surface area (Å²) in [6.07, 6.45) is 0. The Morgan fingerprint density at radius 2 is 1.94 bits per heavy atom. The first-order valence-electron chi connectivity index (χ1n) is 4.08. The molecule has 0 aliphatic carbocycles. The smallest absolute Gasteiger partial charge is 1.00 e. The SMILES string of the molecule is O=S(=O)(O)OCCOc1ccc(Cl)cc1Cl.[H-].[Na+]. The van der Waals surface area contributed by atoms with E-state index < -0.39 is 10.4 Å². The van der Waals surface area contributed by atoms with Gasteiger partial charge in [0.2, 0.25) is 0 Å².